The van der Waals surface area contributed by atoms with Crippen molar-refractivity contribution in [3.05, 3.63) is 65.5 Å². The molecular weight excluding hydrogens is 286 g/mol. The van der Waals surface area contributed by atoms with Crippen LogP contribution in [0.5, 0.6) is 0 Å². The molecule has 1 saturated heterocycles. The van der Waals surface area contributed by atoms with Crippen LogP contribution in [0.15, 0.2) is 48.8 Å². The third kappa shape index (κ3) is 4.39. The molecule has 4 nitrogen and oxygen atoms in total. The van der Waals surface area contributed by atoms with Gasteiger partial charge in [0.25, 0.3) is 5.91 Å². The van der Waals surface area contributed by atoms with E-state index in [9.17, 15) is 4.79 Å². The Balaban J connectivity index is 1.56. The molecule has 0 bridgehead atoms. The molecule has 3 rings (SSSR count). The lowest BCUT2D eigenvalue weighted by Gasteiger charge is -2.23. The first-order chi connectivity index (χ1) is 11.3. The predicted octanol–water partition coefficient (Wildman–Crippen LogP) is 2.52. The summed E-state index contributed by atoms with van der Waals surface area (Å²) in [5.41, 5.74) is 3.20. The summed E-state index contributed by atoms with van der Waals surface area (Å²) >= 11 is 0. The average molecular weight is 309 g/mol. The van der Waals surface area contributed by atoms with Crippen LogP contribution in [0.2, 0.25) is 0 Å². The van der Waals surface area contributed by atoms with E-state index in [2.05, 4.69) is 21.7 Å². The van der Waals surface area contributed by atoms with Crippen LogP contribution in [0.1, 0.15) is 40.2 Å². The van der Waals surface area contributed by atoms with Crippen LogP contribution in [0, 0.1) is 0 Å². The monoisotopic (exact) mass is 309 g/mol. The van der Waals surface area contributed by atoms with Gasteiger partial charge in [-0.2, -0.15) is 0 Å². The van der Waals surface area contributed by atoms with Crippen molar-refractivity contribution in [1.29, 1.82) is 0 Å². The normalized spacial score (nSPS) is 17.7. The summed E-state index contributed by atoms with van der Waals surface area (Å²) in [5, 5.41) is 6.43. The number of rotatable bonds is 5. The Hall–Kier alpha value is -2.20. The Kier molecular flexibility index (Phi) is 5.37. The zero-order valence-electron chi connectivity index (χ0n) is 13.3. The van der Waals surface area contributed by atoms with Crippen LogP contribution in [-0.4, -0.2) is 30.5 Å². The lowest BCUT2D eigenvalue weighted by molar-refractivity contribution is 0.0954. The highest BCUT2D eigenvalue weighted by atomic mass is 16.1. The molecule has 1 aliphatic rings. The fourth-order valence-corrected chi connectivity index (χ4v) is 3.04. The standard InChI is InChI=1S/C19H23N3O/c23-19(22-12-8-15-6-10-20-11-7-15)17-4-1-3-16(13-17)18-5-2-9-21-14-18/h1,3-4,6-7,10-11,13,18,21H,2,5,8-9,12,14H2,(H,22,23)/t18-/m1/s1. The van der Waals surface area contributed by atoms with Gasteiger partial charge in [-0.05, 0) is 67.1 Å². The fraction of sp³-hybridized carbons (Fsp3) is 0.368. The molecule has 23 heavy (non-hydrogen) atoms. The van der Waals surface area contributed by atoms with Crippen LogP contribution in [0.3, 0.4) is 0 Å². The van der Waals surface area contributed by atoms with Crippen LogP contribution < -0.4 is 10.6 Å². The fourth-order valence-electron chi connectivity index (χ4n) is 3.04. The summed E-state index contributed by atoms with van der Waals surface area (Å²) in [6.45, 7) is 2.75. The van der Waals surface area contributed by atoms with Crippen molar-refractivity contribution >= 4 is 5.91 Å². The number of benzene rings is 1. The summed E-state index contributed by atoms with van der Waals surface area (Å²) < 4.78 is 0. The lowest BCUT2D eigenvalue weighted by Crippen LogP contribution is -2.29. The highest BCUT2D eigenvalue weighted by Gasteiger charge is 2.16. The van der Waals surface area contributed by atoms with E-state index in [-0.39, 0.29) is 5.91 Å². The Labute approximate surface area is 137 Å². The van der Waals surface area contributed by atoms with E-state index in [4.69, 9.17) is 0 Å². The number of nitrogens with zero attached hydrogens (tertiary/aromatic N) is 1. The summed E-state index contributed by atoms with van der Waals surface area (Å²) in [7, 11) is 0. The number of amides is 1. The molecule has 2 N–H and O–H groups in total. The second kappa shape index (κ2) is 7.88. The second-order valence-corrected chi connectivity index (χ2v) is 6.03. The Morgan fingerprint density at radius 3 is 2.91 bits per heavy atom. The van der Waals surface area contributed by atoms with Gasteiger partial charge in [0, 0.05) is 31.0 Å². The zero-order valence-corrected chi connectivity index (χ0v) is 13.3. The number of piperidine rings is 1. The minimum Gasteiger partial charge on any atom is -0.352 e. The number of carbonyl (C=O) groups is 1. The van der Waals surface area contributed by atoms with Gasteiger partial charge < -0.3 is 10.6 Å². The molecule has 4 heteroatoms. The van der Waals surface area contributed by atoms with E-state index in [1.165, 1.54) is 24.0 Å². The number of pyridine rings is 1. The average Bonchev–Trinajstić information content (AvgIpc) is 2.63. The highest BCUT2D eigenvalue weighted by Crippen LogP contribution is 2.23. The molecule has 1 aliphatic heterocycles. The van der Waals surface area contributed by atoms with Gasteiger partial charge in [-0.15, -0.1) is 0 Å². The molecular formula is C19H23N3O. The molecule has 1 atom stereocenters. The molecule has 1 aromatic heterocycles. The van der Waals surface area contributed by atoms with Gasteiger partial charge in [-0.3, -0.25) is 9.78 Å². The summed E-state index contributed by atoms with van der Waals surface area (Å²) in [5.74, 6) is 0.526. The van der Waals surface area contributed by atoms with E-state index < -0.39 is 0 Å². The summed E-state index contributed by atoms with van der Waals surface area (Å²) in [6, 6.07) is 12.0. The molecule has 1 fully saturated rings. The van der Waals surface area contributed by atoms with E-state index in [0.717, 1.165) is 25.1 Å². The van der Waals surface area contributed by atoms with Crippen molar-refractivity contribution in [2.24, 2.45) is 0 Å². The van der Waals surface area contributed by atoms with E-state index in [0.29, 0.717) is 12.5 Å². The smallest absolute Gasteiger partial charge is 0.251 e. The van der Waals surface area contributed by atoms with Crippen LogP contribution in [-0.2, 0) is 6.42 Å². The van der Waals surface area contributed by atoms with Gasteiger partial charge in [0.2, 0.25) is 0 Å². The van der Waals surface area contributed by atoms with Crippen LogP contribution in [0.4, 0.5) is 0 Å². The molecule has 2 aromatic rings. The quantitative estimate of drug-likeness (QED) is 0.892. The minimum atomic E-state index is 0.00433. The van der Waals surface area contributed by atoms with Gasteiger partial charge in [-0.1, -0.05) is 12.1 Å². The third-order valence-corrected chi connectivity index (χ3v) is 4.37. The Bertz CT molecular complexity index is 636. The van der Waals surface area contributed by atoms with Crippen LogP contribution in [0.25, 0.3) is 0 Å². The van der Waals surface area contributed by atoms with Crippen molar-refractivity contribution in [3.63, 3.8) is 0 Å². The Morgan fingerprint density at radius 2 is 2.13 bits per heavy atom. The molecule has 2 heterocycles. The van der Waals surface area contributed by atoms with E-state index >= 15 is 0 Å². The third-order valence-electron chi connectivity index (χ3n) is 4.37. The van der Waals surface area contributed by atoms with Gasteiger partial charge in [0.05, 0.1) is 0 Å². The lowest BCUT2D eigenvalue weighted by atomic mass is 9.90. The summed E-state index contributed by atoms with van der Waals surface area (Å²) in [4.78, 5) is 16.3. The zero-order chi connectivity index (χ0) is 15.9. The number of hydrogen-bond donors (Lipinski definition) is 2. The first kappa shape index (κ1) is 15.7. The van der Waals surface area contributed by atoms with Gasteiger partial charge in [0.15, 0.2) is 0 Å². The van der Waals surface area contributed by atoms with E-state index in [1.807, 2.05) is 30.3 Å². The van der Waals surface area contributed by atoms with Crippen molar-refractivity contribution in [3.8, 4) is 0 Å². The maximum absolute atomic E-state index is 12.3. The van der Waals surface area contributed by atoms with E-state index in [1.54, 1.807) is 12.4 Å². The van der Waals surface area contributed by atoms with Gasteiger partial charge >= 0.3 is 0 Å². The van der Waals surface area contributed by atoms with Crippen molar-refractivity contribution in [1.82, 2.24) is 15.6 Å². The largest absolute Gasteiger partial charge is 0.352 e. The molecule has 0 saturated carbocycles. The molecule has 0 unspecified atom stereocenters. The molecule has 1 aromatic carbocycles. The molecule has 0 aliphatic carbocycles. The number of nitrogens with one attached hydrogen (secondary N) is 2. The summed E-state index contributed by atoms with van der Waals surface area (Å²) in [6.07, 6.45) is 6.77. The first-order valence-corrected chi connectivity index (χ1v) is 8.31. The number of aromatic nitrogens is 1. The predicted molar refractivity (Wildman–Crippen MR) is 91.6 cm³/mol. The van der Waals surface area contributed by atoms with Crippen molar-refractivity contribution < 1.29 is 4.79 Å². The maximum Gasteiger partial charge on any atom is 0.251 e. The van der Waals surface area contributed by atoms with Gasteiger partial charge in [0.1, 0.15) is 0 Å². The van der Waals surface area contributed by atoms with Crippen molar-refractivity contribution in [2.45, 2.75) is 25.2 Å². The van der Waals surface area contributed by atoms with Crippen LogP contribution >= 0.6 is 0 Å². The number of hydrogen-bond acceptors (Lipinski definition) is 3. The highest BCUT2D eigenvalue weighted by molar-refractivity contribution is 5.94. The van der Waals surface area contributed by atoms with Gasteiger partial charge in [-0.25, -0.2) is 0 Å². The molecule has 0 radical (unpaired) electrons. The SMILES string of the molecule is O=C(NCCc1ccncc1)c1cccc([C@@H]2CCCNC2)c1. The molecule has 120 valence electrons. The minimum absolute atomic E-state index is 0.00433. The Morgan fingerprint density at radius 1 is 1.26 bits per heavy atom. The second-order valence-electron chi connectivity index (χ2n) is 6.03. The maximum atomic E-state index is 12.3. The topological polar surface area (TPSA) is 54.0 Å². The molecule has 0 spiro atoms. The molecule has 1 amide bonds. The number of carbonyl (C=O) groups excluding carboxylic acids is 1. The first-order valence-electron chi connectivity index (χ1n) is 8.31. The van der Waals surface area contributed by atoms with Crippen molar-refractivity contribution in [2.75, 3.05) is 19.6 Å².